The lowest BCUT2D eigenvalue weighted by atomic mass is 10.1. The second-order valence-electron chi connectivity index (χ2n) is 6.28. The Kier molecular flexibility index (Phi) is 7.25. The zero-order valence-electron chi connectivity index (χ0n) is 16.4. The van der Waals surface area contributed by atoms with E-state index >= 15 is 0 Å². The third-order valence-electron chi connectivity index (χ3n) is 3.58. The Morgan fingerprint density at radius 2 is 1.96 bits per heavy atom. The number of rotatable bonds is 9. The van der Waals surface area contributed by atoms with Gasteiger partial charge in [-0.1, -0.05) is 0 Å². The SMILES string of the molecule is CCOSOc1ccc(N(C)C)nc1-c1ccc(OCC(C)(F)F)n(C)c1=O. The number of ether oxygens (including phenoxy) is 1. The van der Waals surface area contributed by atoms with Crippen LogP contribution in [-0.2, 0) is 11.2 Å². The summed E-state index contributed by atoms with van der Waals surface area (Å²) < 4.78 is 43.0. The van der Waals surface area contributed by atoms with Crippen LogP contribution in [-0.4, -0.2) is 42.8 Å². The van der Waals surface area contributed by atoms with E-state index < -0.39 is 18.1 Å². The molecule has 0 aromatic carbocycles. The molecule has 2 aromatic heterocycles. The largest absolute Gasteiger partial charge is 0.472 e. The Morgan fingerprint density at radius 1 is 1.25 bits per heavy atom. The third-order valence-corrected chi connectivity index (χ3v) is 4.16. The van der Waals surface area contributed by atoms with Gasteiger partial charge in [0.05, 0.1) is 12.2 Å². The number of hydrogen-bond donors (Lipinski definition) is 0. The molecule has 0 saturated carbocycles. The van der Waals surface area contributed by atoms with Crippen LogP contribution < -0.4 is 19.4 Å². The molecule has 7 nitrogen and oxygen atoms in total. The highest BCUT2D eigenvalue weighted by atomic mass is 32.2. The van der Waals surface area contributed by atoms with Crippen molar-refractivity contribution in [3.63, 3.8) is 0 Å². The van der Waals surface area contributed by atoms with E-state index in [0.29, 0.717) is 23.9 Å². The molecule has 10 heteroatoms. The first kappa shape index (κ1) is 22.0. The minimum atomic E-state index is -3.01. The molecule has 0 atom stereocenters. The van der Waals surface area contributed by atoms with Crippen LogP contribution in [0.2, 0.25) is 0 Å². The van der Waals surface area contributed by atoms with Gasteiger partial charge in [-0.15, -0.1) is 0 Å². The lowest BCUT2D eigenvalue weighted by Gasteiger charge is -2.17. The molecule has 0 aliphatic rings. The van der Waals surface area contributed by atoms with Crippen molar-refractivity contribution >= 4 is 18.1 Å². The van der Waals surface area contributed by atoms with Gasteiger partial charge in [-0.25, -0.2) is 13.8 Å². The topological polar surface area (TPSA) is 65.8 Å². The summed E-state index contributed by atoms with van der Waals surface area (Å²) in [6.07, 6.45) is 0. The van der Waals surface area contributed by atoms with Crippen LogP contribution in [0.4, 0.5) is 14.6 Å². The zero-order chi connectivity index (χ0) is 20.9. The van der Waals surface area contributed by atoms with Gasteiger partial charge >= 0.3 is 0 Å². The van der Waals surface area contributed by atoms with Gasteiger partial charge in [0.15, 0.2) is 18.2 Å². The predicted octanol–water partition coefficient (Wildman–Crippen LogP) is 3.53. The van der Waals surface area contributed by atoms with Crippen molar-refractivity contribution in [2.75, 3.05) is 32.2 Å². The monoisotopic (exact) mass is 415 g/mol. The molecular formula is C18H23F2N3O4S. The van der Waals surface area contributed by atoms with E-state index in [1.807, 2.05) is 21.0 Å². The molecule has 0 N–H and O–H groups in total. The second kappa shape index (κ2) is 9.24. The number of anilines is 1. The van der Waals surface area contributed by atoms with Crippen molar-refractivity contribution in [2.45, 2.75) is 19.8 Å². The number of halogens is 2. The summed E-state index contributed by atoms with van der Waals surface area (Å²) in [5.41, 5.74) is 0.104. The van der Waals surface area contributed by atoms with Crippen LogP contribution >= 0.6 is 12.3 Å². The highest BCUT2D eigenvalue weighted by molar-refractivity contribution is 7.90. The Morgan fingerprint density at radius 3 is 2.57 bits per heavy atom. The van der Waals surface area contributed by atoms with Gasteiger partial charge in [-0.05, 0) is 31.2 Å². The van der Waals surface area contributed by atoms with Crippen molar-refractivity contribution in [1.82, 2.24) is 9.55 Å². The minimum absolute atomic E-state index is 0.0326. The first-order valence-electron chi connectivity index (χ1n) is 8.49. The van der Waals surface area contributed by atoms with Crippen LogP contribution in [0.15, 0.2) is 29.1 Å². The number of nitrogens with zero attached hydrogens (tertiary/aromatic N) is 3. The van der Waals surface area contributed by atoms with Crippen molar-refractivity contribution < 1.29 is 21.9 Å². The van der Waals surface area contributed by atoms with Crippen LogP contribution in [0, 0.1) is 0 Å². The molecule has 0 saturated heterocycles. The van der Waals surface area contributed by atoms with E-state index in [4.69, 9.17) is 13.1 Å². The lowest BCUT2D eigenvalue weighted by Crippen LogP contribution is -2.26. The molecule has 154 valence electrons. The van der Waals surface area contributed by atoms with E-state index in [0.717, 1.165) is 23.8 Å². The maximum absolute atomic E-state index is 13.0. The Hall–Kier alpha value is -2.33. The smallest absolute Gasteiger partial charge is 0.278 e. The first-order chi connectivity index (χ1) is 13.1. The van der Waals surface area contributed by atoms with Crippen molar-refractivity contribution in [2.24, 2.45) is 7.05 Å². The third kappa shape index (κ3) is 5.59. The molecule has 0 amide bonds. The van der Waals surface area contributed by atoms with E-state index in [2.05, 4.69) is 4.98 Å². The van der Waals surface area contributed by atoms with Gasteiger partial charge in [0, 0.05) is 28.1 Å². The van der Waals surface area contributed by atoms with Crippen LogP contribution in [0.25, 0.3) is 11.3 Å². The number of aromatic nitrogens is 2. The Balaban J connectivity index is 2.46. The van der Waals surface area contributed by atoms with Crippen LogP contribution in [0.3, 0.4) is 0 Å². The lowest BCUT2D eigenvalue weighted by molar-refractivity contribution is -0.0252. The highest BCUT2D eigenvalue weighted by Crippen LogP contribution is 2.31. The molecule has 2 aromatic rings. The maximum Gasteiger partial charge on any atom is 0.278 e. The van der Waals surface area contributed by atoms with E-state index in [-0.39, 0.29) is 11.4 Å². The molecule has 0 fully saturated rings. The molecule has 0 unspecified atom stereocenters. The molecule has 2 heterocycles. The molecule has 0 spiro atoms. The normalized spacial score (nSPS) is 11.4. The fourth-order valence-corrected chi connectivity index (χ4v) is 2.55. The Labute approximate surface area is 166 Å². The number of alkyl halides is 2. The number of hydrogen-bond acceptors (Lipinski definition) is 7. The van der Waals surface area contributed by atoms with Crippen molar-refractivity contribution in [3.8, 4) is 22.9 Å². The highest BCUT2D eigenvalue weighted by Gasteiger charge is 2.23. The number of pyridine rings is 2. The molecule has 0 radical (unpaired) electrons. The van der Waals surface area contributed by atoms with E-state index in [9.17, 15) is 13.6 Å². The summed E-state index contributed by atoms with van der Waals surface area (Å²) in [7, 11) is 5.09. The molecule has 28 heavy (non-hydrogen) atoms. The first-order valence-corrected chi connectivity index (χ1v) is 9.16. The summed E-state index contributed by atoms with van der Waals surface area (Å²) in [6.45, 7) is 2.18. The summed E-state index contributed by atoms with van der Waals surface area (Å²) in [6, 6.07) is 6.36. The summed E-state index contributed by atoms with van der Waals surface area (Å²) in [5.74, 6) is -2.01. The van der Waals surface area contributed by atoms with Gasteiger partial charge in [0.25, 0.3) is 11.5 Å². The van der Waals surface area contributed by atoms with E-state index in [1.165, 1.54) is 19.2 Å². The fraction of sp³-hybridized carbons (Fsp3) is 0.444. The second-order valence-corrected chi connectivity index (χ2v) is 6.82. The molecule has 0 aliphatic heterocycles. The minimum Gasteiger partial charge on any atom is -0.472 e. The standard InChI is InChI=1S/C18H23F2N3O4S/c1-6-26-28-27-13-8-9-14(22(3)4)21-16(13)12-7-10-15(23(5)17(12)24)25-11-18(2,19)20/h7-10H,6,11H2,1-5H3. The fourth-order valence-electron chi connectivity index (χ4n) is 2.20. The zero-order valence-corrected chi connectivity index (χ0v) is 17.2. The average molecular weight is 415 g/mol. The summed E-state index contributed by atoms with van der Waals surface area (Å²) in [4.78, 5) is 19.1. The van der Waals surface area contributed by atoms with Crippen LogP contribution in [0.1, 0.15) is 13.8 Å². The predicted molar refractivity (Wildman–Crippen MR) is 105 cm³/mol. The molecular weight excluding hydrogens is 392 g/mol. The van der Waals surface area contributed by atoms with Gasteiger partial charge in [-0.2, -0.15) is 0 Å². The molecule has 0 bridgehead atoms. The van der Waals surface area contributed by atoms with Crippen LogP contribution in [0.5, 0.6) is 11.6 Å². The maximum atomic E-state index is 13.0. The van der Waals surface area contributed by atoms with Gasteiger partial charge in [-0.3, -0.25) is 13.5 Å². The quantitative estimate of drug-likeness (QED) is 0.459. The van der Waals surface area contributed by atoms with Crippen molar-refractivity contribution in [3.05, 3.63) is 34.6 Å². The molecule has 0 aliphatic carbocycles. The average Bonchev–Trinajstić information content (AvgIpc) is 2.62. The van der Waals surface area contributed by atoms with Gasteiger partial charge < -0.3 is 13.8 Å². The van der Waals surface area contributed by atoms with Gasteiger partial charge in [0.1, 0.15) is 11.5 Å². The van der Waals surface area contributed by atoms with Gasteiger partial charge in [0.2, 0.25) is 12.3 Å². The van der Waals surface area contributed by atoms with Crippen molar-refractivity contribution in [1.29, 1.82) is 0 Å². The van der Waals surface area contributed by atoms with E-state index in [1.54, 1.807) is 17.0 Å². The summed E-state index contributed by atoms with van der Waals surface area (Å²) >= 11 is 0.783. The summed E-state index contributed by atoms with van der Waals surface area (Å²) in [5, 5.41) is 0. The molecule has 2 rings (SSSR count). The Bertz CT molecular complexity index is 869.